The maximum atomic E-state index is 12.7. The first-order valence-corrected chi connectivity index (χ1v) is 11.2. The minimum absolute atomic E-state index is 0.0329. The SMILES string of the molecule is COC(=O)C1=C(C)N=C2SC=C(CC(=O)NCc3cccnc3)N2C1c1cccc([N+](=O)[O-])c1. The fraction of sp³-hybridized carbons (Fsp3) is 0.217. The second-order valence-corrected chi connectivity index (χ2v) is 8.39. The van der Waals surface area contributed by atoms with Crippen LogP contribution < -0.4 is 5.32 Å². The highest BCUT2D eigenvalue weighted by atomic mass is 32.2. The zero-order chi connectivity index (χ0) is 24.2. The molecule has 4 rings (SSSR count). The van der Waals surface area contributed by atoms with Gasteiger partial charge in [0.25, 0.3) is 5.69 Å². The lowest BCUT2D eigenvalue weighted by molar-refractivity contribution is -0.384. The Hall–Kier alpha value is -3.99. The summed E-state index contributed by atoms with van der Waals surface area (Å²) in [5.74, 6) is -0.810. The maximum absolute atomic E-state index is 12.7. The van der Waals surface area contributed by atoms with Crippen LogP contribution in [-0.2, 0) is 20.9 Å². The van der Waals surface area contributed by atoms with E-state index in [9.17, 15) is 19.7 Å². The molecular weight excluding hydrogens is 458 g/mol. The number of hydrogen-bond acceptors (Lipinski definition) is 9. The molecule has 3 heterocycles. The largest absolute Gasteiger partial charge is 0.466 e. The average molecular weight is 480 g/mol. The molecule has 1 aromatic carbocycles. The number of hydrogen-bond donors (Lipinski definition) is 1. The molecule has 0 saturated heterocycles. The number of pyridine rings is 1. The number of ether oxygens (including phenoxy) is 1. The van der Waals surface area contributed by atoms with Gasteiger partial charge < -0.3 is 15.0 Å². The van der Waals surface area contributed by atoms with Crippen molar-refractivity contribution >= 4 is 34.5 Å². The smallest absolute Gasteiger partial charge is 0.338 e. The number of fused-ring (bicyclic) bond motifs is 1. The molecule has 34 heavy (non-hydrogen) atoms. The summed E-state index contributed by atoms with van der Waals surface area (Å²) in [6.45, 7) is 2.02. The number of non-ortho nitro benzene ring substituents is 1. The van der Waals surface area contributed by atoms with E-state index < -0.39 is 16.9 Å². The summed E-state index contributed by atoms with van der Waals surface area (Å²) in [6.07, 6.45) is 3.37. The number of amidine groups is 1. The number of carbonyl (C=O) groups excluding carboxylic acids is 2. The van der Waals surface area contributed by atoms with Gasteiger partial charge in [-0.1, -0.05) is 30.0 Å². The molecule has 1 aromatic heterocycles. The molecule has 0 aliphatic carbocycles. The number of nitrogens with zero attached hydrogens (tertiary/aromatic N) is 4. The summed E-state index contributed by atoms with van der Waals surface area (Å²) >= 11 is 1.33. The summed E-state index contributed by atoms with van der Waals surface area (Å²) in [4.78, 5) is 46.7. The van der Waals surface area contributed by atoms with Gasteiger partial charge in [0.2, 0.25) is 5.91 Å². The summed E-state index contributed by atoms with van der Waals surface area (Å²) < 4.78 is 5.00. The van der Waals surface area contributed by atoms with E-state index in [0.29, 0.717) is 28.7 Å². The van der Waals surface area contributed by atoms with Gasteiger partial charge >= 0.3 is 5.97 Å². The predicted octanol–water partition coefficient (Wildman–Crippen LogP) is 3.44. The molecule has 174 valence electrons. The van der Waals surface area contributed by atoms with Gasteiger partial charge in [-0.25, -0.2) is 9.79 Å². The minimum Gasteiger partial charge on any atom is -0.466 e. The second-order valence-electron chi connectivity index (χ2n) is 7.55. The molecule has 2 aliphatic heterocycles. The van der Waals surface area contributed by atoms with E-state index in [1.165, 1.54) is 31.0 Å². The van der Waals surface area contributed by atoms with Crippen LogP contribution in [-0.4, -0.2) is 39.0 Å². The Morgan fingerprint density at radius 3 is 2.82 bits per heavy atom. The van der Waals surface area contributed by atoms with Crippen LogP contribution in [0, 0.1) is 10.1 Å². The van der Waals surface area contributed by atoms with Gasteiger partial charge in [0.1, 0.15) is 0 Å². The van der Waals surface area contributed by atoms with E-state index in [4.69, 9.17) is 4.74 Å². The third kappa shape index (κ3) is 4.69. The number of carbonyl (C=O) groups is 2. The molecule has 1 amide bonds. The van der Waals surface area contributed by atoms with Crippen LogP contribution in [0.2, 0.25) is 0 Å². The molecular formula is C23H21N5O5S. The number of methoxy groups -OCH3 is 1. The first-order chi connectivity index (χ1) is 16.4. The van der Waals surface area contributed by atoms with Crippen LogP contribution in [0.1, 0.15) is 30.5 Å². The number of amides is 1. The van der Waals surface area contributed by atoms with Crippen LogP contribution in [0.25, 0.3) is 0 Å². The average Bonchev–Trinajstić information content (AvgIpc) is 3.23. The quantitative estimate of drug-likeness (QED) is 0.363. The van der Waals surface area contributed by atoms with Gasteiger partial charge in [-0.05, 0) is 29.5 Å². The summed E-state index contributed by atoms with van der Waals surface area (Å²) in [6, 6.07) is 9.01. The Balaban J connectivity index is 1.64. The van der Waals surface area contributed by atoms with E-state index in [0.717, 1.165) is 5.56 Å². The topological polar surface area (TPSA) is 127 Å². The first-order valence-electron chi connectivity index (χ1n) is 10.3. The van der Waals surface area contributed by atoms with Crippen LogP contribution in [0.5, 0.6) is 0 Å². The third-order valence-electron chi connectivity index (χ3n) is 5.36. The van der Waals surface area contributed by atoms with Gasteiger partial charge in [0, 0.05) is 36.8 Å². The Bertz CT molecular complexity index is 1240. The predicted molar refractivity (Wildman–Crippen MR) is 126 cm³/mol. The van der Waals surface area contributed by atoms with Crippen LogP contribution >= 0.6 is 11.8 Å². The van der Waals surface area contributed by atoms with Crippen molar-refractivity contribution in [2.24, 2.45) is 4.99 Å². The second kappa shape index (κ2) is 9.87. The normalized spacial score (nSPS) is 17.0. The number of nitro benzene ring substituents is 1. The zero-order valence-corrected chi connectivity index (χ0v) is 19.2. The van der Waals surface area contributed by atoms with Crippen molar-refractivity contribution < 1.29 is 19.2 Å². The summed E-state index contributed by atoms with van der Waals surface area (Å²) in [5, 5.41) is 16.6. The lowest BCUT2D eigenvalue weighted by atomic mass is 9.93. The number of rotatable bonds is 7. The van der Waals surface area contributed by atoms with E-state index in [1.807, 2.05) is 6.07 Å². The van der Waals surface area contributed by atoms with Gasteiger partial charge in [-0.15, -0.1) is 0 Å². The molecule has 2 aromatic rings. The van der Waals surface area contributed by atoms with Crippen LogP contribution in [0.15, 0.2) is 76.2 Å². The van der Waals surface area contributed by atoms with Gasteiger partial charge in [-0.3, -0.25) is 19.9 Å². The van der Waals surface area contributed by atoms with Crippen LogP contribution in [0.4, 0.5) is 5.69 Å². The molecule has 0 saturated carbocycles. The highest BCUT2D eigenvalue weighted by Crippen LogP contribution is 2.45. The first kappa shape index (κ1) is 23.2. The highest BCUT2D eigenvalue weighted by molar-refractivity contribution is 8.16. The minimum atomic E-state index is -0.729. The highest BCUT2D eigenvalue weighted by Gasteiger charge is 2.41. The molecule has 11 heteroatoms. The van der Waals surface area contributed by atoms with Crippen molar-refractivity contribution in [2.45, 2.75) is 25.9 Å². The van der Waals surface area contributed by atoms with Gasteiger partial charge in [0.15, 0.2) is 5.17 Å². The fourth-order valence-corrected chi connectivity index (χ4v) is 4.76. The Kier molecular flexibility index (Phi) is 6.73. The lowest BCUT2D eigenvalue weighted by Gasteiger charge is -2.36. The number of aliphatic imine (C=N–C) groups is 1. The number of aromatic nitrogens is 1. The van der Waals surface area contributed by atoms with Crippen molar-refractivity contribution in [3.8, 4) is 0 Å². The van der Waals surface area contributed by atoms with Gasteiger partial charge in [-0.2, -0.15) is 0 Å². The molecule has 1 atom stereocenters. The maximum Gasteiger partial charge on any atom is 0.338 e. The van der Waals surface area contributed by atoms with Crippen molar-refractivity contribution in [3.05, 3.63) is 92.4 Å². The molecule has 0 fully saturated rings. The monoisotopic (exact) mass is 479 g/mol. The number of thioether (sulfide) groups is 1. The van der Waals surface area contributed by atoms with Crippen molar-refractivity contribution in [1.82, 2.24) is 15.2 Å². The summed E-state index contributed by atoms with van der Waals surface area (Å²) in [5.41, 5.74) is 2.62. The zero-order valence-electron chi connectivity index (χ0n) is 18.4. The molecule has 0 radical (unpaired) electrons. The number of benzene rings is 1. The van der Waals surface area contributed by atoms with Crippen molar-refractivity contribution in [3.63, 3.8) is 0 Å². The molecule has 2 aliphatic rings. The van der Waals surface area contributed by atoms with E-state index in [2.05, 4.69) is 15.3 Å². The van der Waals surface area contributed by atoms with Crippen LogP contribution in [0.3, 0.4) is 0 Å². The fourth-order valence-electron chi connectivity index (χ4n) is 3.79. The van der Waals surface area contributed by atoms with E-state index >= 15 is 0 Å². The molecule has 1 N–H and O–H groups in total. The molecule has 1 unspecified atom stereocenters. The lowest BCUT2D eigenvalue weighted by Crippen LogP contribution is -2.37. The number of esters is 1. The van der Waals surface area contributed by atoms with Crippen molar-refractivity contribution in [2.75, 3.05) is 7.11 Å². The summed E-state index contributed by atoms with van der Waals surface area (Å²) in [7, 11) is 1.27. The third-order valence-corrected chi connectivity index (χ3v) is 6.25. The van der Waals surface area contributed by atoms with E-state index in [1.54, 1.807) is 47.8 Å². The molecule has 10 nitrogen and oxygen atoms in total. The molecule has 0 spiro atoms. The van der Waals surface area contributed by atoms with Gasteiger partial charge in [0.05, 0.1) is 35.8 Å². The Morgan fingerprint density at radius 2 is 2.12 bits per heavy atom. The van der Waals surface area contributed by atoms with Crippen molar-refractivity contribution in [1.29, 1.82) is 0 Å². The number of nitro groups is 1. The number of allylic oxidation sites excluding steroid dienone is 1. The molecule has 0 bridgehead atoms. The Labute approximate surface area is 199 Å². The number of nitrogens with one attached hydrogen (secondary N) is 1. The Morgan fingerprint density at radius 1 is 1.29 bits per heavy atom. The van der Waals surface area contributed by atoms with E-state index in [-0.39, 0.29) is 23.6 Å². The standard InChI is InChI=1S/C23H21N5O5S/c1-14-20(22(30)33-2)21(16-6-3-7-17(9-16)28(31)32)27-18(13-34-23(27)26-14)10-19(29)25-12-15-5-4-8-24-11-15/h3-9,11,13,21H,10,12H2,1-2H3,(H,25,29).